The molecule has 2 bridgehead atoms. The number of H-pyrrole nitrogens is 1. The molecule has 2 fully saturated rings. The van der Waals surface area contributed by atoms with Crippen LogP contribution in [-0.4, -0.2) is 33.2 Å². The molecule has 21 heavy (non-hydrogen) atoms. The molecule has 0 saturated heterocycles. The molecule has 0 amide bonds. The third-order valence-electron chi connectivity index (χ3n) is 4.63. The monoisotopic (exact) mass is 303 g/mol. The van der Waals surface area contributed by atoms with Crippen LogP contribution in [0.5, 0.6) is 5.75 Å². The lowest BCUT2D eigenvalue weighted by Gasteiger charge is -2.20. The second-order valence-corrected chi connectivity index (χ2v) is 6.89. The van der Waals surface area contributed by atoms with E-state index in [4.69, 9.17) is 4.74 Å². The zero-order valence-corrected chi connectivity index (χ0v) is 12.6. The molecule has 5 nitrogen and oxygen atoms in total. The summed E-state index contributed by atoms with van der Waals surface area (Å²) in [6, 6.07) is 5.82. The summed E-state index contributed by atoms with van der Waals surface area (Å²) >= 11 is 1.69. The molecule has 3 unspecified atom stereocenters. The van der Waals surface area contributed by atoms with E-state index in [2.05, 4.69) is 15.1 Å². The molecule has 0 aliphatic heterocycles. The number of nitrogens with one attached hydrogen (secondary N) is 1. The highest BCUT2D eigenvalue weighted by Gasteiger charge is 2.46. The number of fused-ring (bicyclic) bond motifs is 3. The van der Waals surface area contributed by atoms with Crippen LogP contribution in [0.2, 0.25) is 0 Å². The predicted molar refractivity (Wildman–Crippen MR) is 82.3 cm³/mol. The van der Waals surface area contributed by atoms with Gasteiger partial charge < -0.3 is 14.9 Å². The molecular weight excluding hydrogens is 286 g/mol. The van der Waals surface area contributed by atoms with E-state index < -0.39 is 0 Å². The summed E-state index contributed by atoms with van der Waals surface area (Å²) in [6.45, 7) is 0. The second kappa shape index (κ2) is 4.94. The quantitative estimate of drug-likeness (QED) is 0.674. The Kier molecular flexibility index (Phi) is 3.06. The Bertz CT molecular complexity index is 712. The first-order valence-electron chi connectivity index (χ1n) is 7.20. The van der Waals surface area contributed by atoms with Crippen molar-refractivity contribution < 1.29 is 9.94 Å². The van der Waals surface area contributed by atoms with E-state index in [9.17, 15) is 5.21 Å². The maximum atomic E-state index is 9.27. The van der Waals surface area contributed by atoms with Gasteiger partial charge in [-0.15, -0.1) is 0 Å². The number of aromatic amines is 1. The van der Waals surface area contributed by atoms with Gasteiger partial charge in [0, 0.05) is 12.0 Å². The molecule has 3 atom stereocenters. The SMILES string of the molecule is COc1ccc2nc(SC3C(=NO)C4CCC3C4)[nH]c2c1. The summed E-state index contributed by atoms with van der Waals surface area (Å²) in [5.41, 5.74) is 2.86. The van der Waals surface area contributed by atoms with Crippen molar-refractivity contribution in [1.29, 1.82) is 0 Å². The summed E-state index contributed by atoms with van der Waals surface area (Å²) in [5.74, 6) is 1.91. The van der Waals surface area contributed by atoms with Crippen LogP contribution in [0.3, 0.4) is 0 Å². The fourth-order valence-corrected chi connectivity index (χ4v) is 4.96. The van der Waals surface area contributed by atoms with Crippen LogP contribution in [-0.2, 0) is 0 Å². The average molecular weight is 303 g/mol. The van der Waals surface area contributed by atoms with Gasteiger partial charge in [-0.1, -0.05) is 16.9 Å². The molecule has 2 N–H and O–H groups in total. The Morgan fingerprint density at radius 3 is 3.14 bits per heavy atom. The van der Waals surface area contributed by atoms with Gasteiger partial charge in [0.25, 0.3) is 0 Å². The lowest BCUT2D eigenvalue weighted by molar-refractivity contribution is 0.314. The fraction of sp³-hybridized carbons (Fsp3) is 0.467. The number of ether oxygens (including phenoxy) is 1. The molecule has 2 aliphatic rings. The largest absolute Gasteiger partial charge is 0.497 e. The number of methoxy groups -OCH3 is 1. The van der Waals surface area contributed by atoms with Crippen molar-refractivity contribution in [3.63, 3.8) is 0 Å². The minimum atomic E-state index is 0.260. The number of oxime groups is 1. The van der Waals surface area contributed by atoms with Crippen LogP contribution < -0.4 is 4.74 Å². The Morgan fingerprint density at radius 2 is 2.33 bits per heavy atom. The third kappa shape index (κ3) is 2.09. The summed E-state index contributed by atoms with van der Waals surface area (Å²) in [5, 5.41) is 14.0. The first-order chi connectivity index (χ1) is 10.3. The number of thioether (sulfide) groups is 1. The lowest BCUT2D eigenvalue weighted by atomic mass is 9.98. The molecule has 2 aliphatic carbocycles. The number of hydrogen-bond acceptors (Lipinski definition) is 5. The molecule has 0 spiro atoms. The Hall–Kier alpha value is -1.69. The number of hydrogen-bond donors (Lipinski definition) is 2. The van der Waals surface area contributed by atoms with Crippen LogP contribution in [0.15, 0.2) is 28.5 Å². The van der Waals surface area contributed by atoms with Gasteiger partial charge in [0.15, 0.2) is 5.16 Å². The number of nitrogens with zero attached hydrogens (tertiary/aromatic N) is 2. The maximum absolute atomic E-state index is 9.27. The van der Waals surface area contributed by atoms with Gasteiger partial charge in [0.05, 0.1) is 29.1 Å². The molecule has 2 saturated carbocycles. The molecule has 1 heterocycles. The molecule has 0 radical (unpaired) electrons. The molecule has 110 valence electrons. The van der Waals surface area contributed by atoms with E-state index >= 15 is 0 Å². The van der Waals surface area contributed by atoms with Gasteiger partial charge in [-0.3, -0.25) is 0 Å². The summed E-state index contributed by atoms with van der Waals surface area (Å²) < 4.78 is 5.23. The molecule has 6 heteroatoms. The first-order valence-corrected chi connectivity index (χ1v) is 8.08. The number of imidazole rings is 1. The average Bonchev–Trinajstić information content (AvgIpc) is 3.19. The van der Waals surface area contributed by atoms with Crippen LogP contribution in [0, 0.1) is 11.8 Å². The van der Waals surface area contributed by atoms with Gasteiger partial charge in [-0.25, -0.2) is 4.98 Å². The highest BCUT2D eigenvalue weighted by atomic mass is 32.2. The summed E-state index contributed by atoms with van der Waals surface area (Å²) in [6.07, 6.45) is 3.55. The van der Waals surface area contributed by atoms with Gasteiger partial charge in [-0.2, -0.15) is 0 Å². The van der Waals surface area contributed by atoms with E-state index in [1.807, 2.05) is 18.2 Å². The lowest BCUT2D eigenvalue weighted by Crippen LogP contribution is -2.25. The summed E-state index contributed by atoms with van der Waals surface area (Å²) in [7, 11) is 1.66. The number of benzene rings is 1. The van der Waals surface area contributed by atoms with Crippen molar-refractivity contribution in [3.8, 4) is 5.75 Å². The van der Waals surface area contributed by atoms with Crippen molar-refractivity contribution in [1.82, 2.24) is 9.97 Å². The zero-order valence-electron chi connectivity index (χ0n) is 11.7. The normalized spacial score (nSPS) is 29.6. The van der Waals surface area contributed by atoms with E-state index in [1.165, 1.54) is 12.8 Å². The molecular formula is C15H17N3O2S. The van der Waals surface area contributed by atoms with Gasteiger partial charge in [0.2, 0.25) is 0 Å². The van der Waals surface area contributed by atoms with Crippen LogP contribution in [0.25, 0.3) is 11.0 Å². The van der Waals surface area contributed by atoms with Crippen LogP contribution in [0.1, 0.15) is 19.3 Å². The minimum Gasteiger partial charge on any atom is -0.497 e. The fourth-order valence-electron chi connectivity index (χ4n) is 3.60. The van der Waals surface area contributed by atoms with Crippen molar-refractivity contribution in [2.24, 2.45) is 17.0 Å². The van der Waals surface area contributed by atoms with E-state index in [0.717, 1.165) is 34.1 Å². The Morgan fingerprint density at radius 1 is 1.43 bits per heavy atom. The predicted octanol–water partition coefficient (Wildman–Crippen LogP) is 3.29. The minimum absolute atomic E-state index is 0.260. The van der Waals surface area contributed by atoms with Gasteiger partial charge in [0.1, 0.15) is 5.75 Å². The molecule has 1 aromatic carbocycles. The van der Waals surface area contributed by atoms with Crippen molar-refractivity contribution >= 4 is 28.5 Å². The van der Waals surface area contributed by atoms with Crippen molar-refractivity contribution in [2.45, 2.75) is 29.7 Å². The van der Waals surface area contributed by atoms with Gasteiger partial charge >= 0.3 is 0 Å². The first kappa shape index (κ1) is 13.0. The van der Waals surface area contributed by atoms with Crippen LogP contribution in [0.4, 0.5) is 0 Å². The molecule has 4 rings (SSSR count). The maximum Gasteiger partial charge on any atom is 0.167 e. The van der Waals surface area contributed by atoms with Crippen molar-refractivity contribution in [2.75, 3.05) is 7.11 Å². The standard InChI is InChI=1S/C15H17N3O2S/c1-20-10-4-5-11-12(7-10)17-15(16-11)21-14-9-3-2-8(6-9)13(14)18-19/h4-5,7-9,14,19H,2-3,6H2,1H3,(H,16,17). The highest BCUT2D eigenvalue weighted by molar-refractivity contribution is 8.00. The highest BCUT2D eigenvalue weighted by Crippen LogP contribution is 2.49. The Labute approximate surface area is 126 Å². The second-order valence-electron chi connectivity index (χ2n) is 5.76. The summed E-state index contributed by atoms with van der Waals surface area (Å²) in [4.78, 5) is 7.96. The molecule has 1 aromatic heterocycles. The topological polar surface area (TPSA) is 70.5 Å². The Balaban J connectivity index is 1.62. The number of aromatic nitrogens is 2. The van der Waals surface area contributed by atoms with E-state index in [1.54, 1.807) is 18.9 Å². The molecule has 2 aromatic rings. The number of rotatable bonds is 3. The smallest absolute Gasteiger partial charge is 0.167 e. The van der Waals surface area contributed by atoms with Gasteiger partial charge in [-0.05, 0) is 37.3 Å². The zero-order chi connectivity index (χ0) is 14.4. The van der Waals surface area contributed by atoms with E-state index in [0.29, 0.717) is 11.8 Å². The third-order valence-corrected chi connectivity index (χ3v) is 5.93. The van der Waals surface area contributed by atoms with E-state index in [-0.39, 0.29) is 5.25 Å². The van der Waals surface area contributed by atoms with Crippen LogP contribution >= 0.6 is 11.8 Å². The van der Waals surface area contributed by atoms with Crippen molar-refractivity contribution in [3.05, 3.63) is 18.2 Å².